The number of H-pyrrole nitrogens is 1. The number of aryl methyl sites for hydroxylation is 1. The molecule has 4 heteroatoms. The first kappa shape index (κ1) is 14.0. The highest BCUT2D eigenvalue weighted by Crippen LogP contribution is 2.30. The zero-order chi connectivity index (χ0) is 14.8. The van der Waals surface area contributed by atoms with E-state index in [1.165, 1.54) is 6.07 Å². The van der Waals surface area contributed by atoms with E-state index < -0.39 is 0 Å². The van der Waals surface area contributed by atoms with Crippen LogP contribution in [0, 0.1) is 5.82 Å². The third-order valence-electron chi connectivity index (χ3n) is 4.15. The molecular weight excluding hydrogens is 267 g/mol. The van der Waals surface area contributed by atoms with Crippen molar-refractivity contribution in [1.82, 2.24) is 10.3 Å². The largest absolute Gasteiger partial charge is 0.326 e. The summed E-state index contributed by atoms with van der Waals surface area (Å²) in [5, 5.41) is 3.49. The number of halogens is 1. The lowest BCUT2D eigenvalue weighted by atomic mass is 9.90. The molecule has 0 aliphatic heterocycles. The Labute approximate surface area is 123 Å². The number of aromatic amines is 1. The highest BCUT2D eigenvalue weighted by atomic mass is 19.1. The van der Waals surface area contributed by atoms with Crippen LogP contribution < -0.4 is 10.9 Å². The van der Waals surface area contributed by atoms with Crippen LogP contribution in [0.3, 0.4) is 0 Å². The minimum absolute atomic E-state index is 0.0587. The third-order valence-corrected chi connectivity index (χ3v) is 4.15. The Hall–Kier alpha value is -1.94. The predicted octanol–water partition coefficient (Wildman–Crippen LogP) is 3.24. The molecule has 0 fully saturated rings. The molecule has 0 radical (unpaired) electrons. The second-order valence-corrected chi connectivity index (χ2v) is 5.61. The van der Waals surface area contributed by atoms with E-state index in [4.69, 9.17) is 0 Å². The van der Waals surface area contributed by atoms with Gasteiger partial charge in [0.25, 0.3) is 0 Å². The first-order valence-corrected chi connectivity index (χ1v) is 7.37. The zero-order valence-electron chi connectivity index (χ0n) is 12.0. The Morgan fingerprint density at radius 2 is 2.10 bits per heavy atom. The normalized spacial score (nSPS) is 19.0. The van der Waals surface area contributed by atoms with E-state index in [2.05, 4.69) is 10.3 Å². The molecular formula is C17H19FN2O. The van der Waals surface area contributed by atoms with Gasteiger partial charge >= 0.3 is 0 Å². The van der Waals surface area contributed by atoms with Gasteiger partial charge in [0.2, 0.25) is 5.56 Å². The monoisotopic (exact) mass is 286 g/mol. The summed E-state index contributed by atoms with van der Waals surface area (Å²) in [6.45, 7) is 1.97. The lowest BCUT2D eigenvalue weighted by molar-refractivity contribution is 0.404. The average molecular weight is 286 g/mol. The van der Waals surface area contributed by atoms with Gasteiger partial charge in [-0.25, -0.2) is 4.39 Å². The summed E-state index contributed by atoms with van der Waals surface area (Å²) in [7, 11) is 0. The van der Waals surface area contributed by atoms with Crippen LogP contribution >= 0.6 is 0 Å². The highest BCUT2D eigenvalue weighted by molar-refractivity contribution is 5.27. The molecule has 2 N–H and O–H groups in total. The number of hydrogen-bond donors (Lipinski definition) is 2. The van der Waals surface area contributed by atoms with Crippen LogP contribution in [0.15, 0.2) is 41.2 Å². The topological polar surface area (TPSA) is 44.9 Å². The fraction of sp³-hybridized carbons (Fsp3) is 0.353. The van der Waals surface area contributed by atoms with Gasteiger partial charge in [0.15, 0.2) is 0 Å². The maximum atomic E-state index is 13.9. The maximum Gasteiger partial charge on any atom is 0.248 e. The molecule has 1 aliphatic rings. The Bertz CT molecular complexity index is 695. The molecule has 0 saturated heterocycles. The minimum atomic E-state index is -0.185. The smallest absolute Gasteiger partial charge is 0.248 e. The van der Waals surface area contributed by atoms with Gasteiger partial charge in [0.05, 0.1) is 0 Å². The lowest BCUT2D eigenvalue weighted by Crippen LogP contribution is -2.29. The van der Waals surface area contributed by atoms with E-state index in [1.807, 2.05) is 25.1 Å². The molecule has 3 nitrogen and oxygen atoms in total. The number of hydrogen-bond acceptors (Lipinski definition) is 2. The van der Waals surface area contributed by atoms with Crippen molar-refractivity contribution in [2.24, 2.45) is 0 Å². The standard InChI is InChI=1S/C17H19FN2O/c1-11(12-5-2-3-6-14(12)18)19-15-7-4-8-16-13(15)9-10-17(21)20-16/h2-3,5-6,9-11,15,19H,4,7-8H2,1H3,(H,20,21). The lowest BCUT2D eigenvalue weighted by Gasteiger charge is -2.29. The van der Waals surface area contributed by atoms with Crippen LogP contribution in [0.4, 0.5) is 4.39 Å². The number of benzene rings is 1. The summed E-state index contributed by atoms with van der Waals surface area (Å²) in [6.07, 6.45) is 2.92. The quantitative estimate of drug-likeness (QED) is 0.909. The molecule has 2 unspecified atom stereocenters. The summed E-state index contributed by atoms with van der Waals surface area (Å²) in [5.74, 6) is -0.185. The number of pyridine rings is 1. The molecule has 1 aromatic carbocycles. The van der Waals surface area contributed by atoms with Crippen molar-refractivity contribution >= 4 is 0 Å². The van der Waals surface area contributed by atoms with Crippen molar-refractivity contribution in [2.75, 3.05) is 0 Å². The van der Waals surface area contributed by atoms with Gasteiger partial charge in [-0.05, 0) is 37.8 Å². The van der Waals surface area contributed by atoms with Crippen molar-refractivity contribution in [3.63, 3.8) is 0 Å². The Balaban J connectivity index is 1.84. The summed E-state index contributed by atoms with van der Waals surface area (Å²) in [4.78, 5) is 14.3. The fourth-order valence-corrected chi connectivity index (χ4v) is 3.09. The van der Waals surface area contributed by atoms with Crippen molar-refractivity contribution < 1.29 is 4.39 Å². The van der Waals surface area contributed by atoms with E-state index in [1.54, 1.807) is 12.1 Å². The van der Waals surface area contributed by atoms with Gasteiger partial charge < -0.3 is 10.3 Å². The van der Waals surface area contributed by atoms with E-state index in [0.29, 0.717) is 5.56 Å². The number of nitrogens with one attached hydrogen (secondary N) is 2. The molecule has 3 rings (SSSR count). The molecule has 21 heavy (non-hydrogen) atoms. The second-order valence-electron chi connectivity index (χ2n) is 5.61. The maximum absolute atomic E-state index is 13.9. The summed E-state index contributed by atoms with van der Waals surface area (Å²) in [5.41, 5.74) is 2.75. The molecule has 110 valence electrons. The second kappa shape index (κ2) is 5.82. The fourth-order valence-electron chi connectivity index (χ4n) is 3.09. The summed E-state index contributed by atoms with van der Waals surface area (Å²) in [6, 6.07) is 10.4. The predicted molar refractivity (Wildman–Crippen MR) is 80.7 cm³/mol. The molecule has 2 atom stereocenters. The van der Waals surface area contributed by atoms with Crippen molar-refractivity contribution in [1.29, 1.82) is 0 Å². The van der Waals surface area contributed by atoms with Crippen molar-refractivity contribution in [3.8, 4) is 0 Å². The van der Waals surface area contributed by atoms with Gasteiger partial charge in [-0.15, -0.1) is 0 Å². The molecule has 2 aromatic rings. The summed E-state index contributed by atoms with van der Waals surface area (Å²) < 4.78 is 13.9. The van der Waals surface area contributed by atoms with E-state index >= 15 is 0 Å². The van der Waals surface area contributed by atoms with Crippen LogP contribution in [0.2, 0.25) is 0 Å². The highest BCUT2D eigenvalue weighted by Gasteiger charge is 2.23. The first-order chi connectivity index (χ1) is 10.1. The van der Waals surface area contributed by atoms with Crippen LogP contribution in [0.5, 0.6) is 0 Å². The Kier molecular flexibility index (Phi) is 3.88. The summed E-state index contributed by atoms with van der Waals surface area (Å²) >= 11 is 0. The number of fused-ring (bicyclic) bond motifs is 1. The average Bonchev–Trinajstić information content (AvgIpc) is 2.47. The van der Waals surface area contributed by atoms with Gasteiger partial charge in [0.1, 0.15) is 5.82 Å². The van der Waals surface area contributed by atoms with Crippen LogP contribution in [0.1, 0.15) is 48.7 Å². The van der Waals surface area contributed by atoms with Gasteiger partial charge in [-0.3, -0.25) is 4.79 Å². The zero-order valence-corrected chi connectivity index (χ0v) is 12.0. The van der Waals surface area contributed by atoms with Crippen LogP contribution in [-0.4, -0.2) is 4.98 Å². The molecule has 0 saturated carbocycles. The molecule has 1 heterocycles. The Morgan fingerprint density at radius 1 is 1.29 bits per heavy atom. The molecule has 1 aliphatic carbocycles. The molecule has 0 bridgehead atoms. The third kappa shape index (κ3) is 2.90. The number of rotatable bonds is 3. The molecule has 0 spiro atoms. The van der Waals surface area contributed by atoms with Crippen LogP contribution in [-0.2, 0) is 6.42 Å². The number of aromatic nitrogens is 1. The van der Waals surface area contributed by atoms with Crippen molar-refractivity contribution in [2.45, 2.75) is 38.3 Å². The van der Waals surface area contributed by atoms with E-state index in [0.717, 1.165) is 30.5 Å². The van der Waals surface area contributed by atoms with Gasteiger partial charge in [0, 0.05) is 29.4 Å². The van der Waals surface area contributed by atoms with Crippen molar-refractivity contribution in [3.05, 3.63) is 69.4 Å². The molecule has 1 aromatic heterocycles. The Morgan fingerprint density at radius 3 is 2.90 bits per heavy atom. The SMILES string of the molecule is CC(NC1CCCc2[nH]c(=O)ccc21)c1ccccc1F. The first-order valence-electron chi connectivity index (χ1n) is 7.37. The minimum Gasteiger partial charge on any atom is -0.326 e. The van der Waals surface area contributed by atoms with E-state index in [-0.39, 0.29) is 23.5 Å². The van der Waals surface area contributed by atoms with Gasteiger partial charge in [-0.1, -0.05) is 24.3 Å². The van der Waals surface area contributed by atoms with E-state index in [9.17, 15) is 9.18 Å². The van der Waals surface area contributed by atoms with Gasteiger partial charge in [-0.2, -0.15) is 0 Å². The van der Waals surface area contributed by atoms with Crippen LogP contribution in [0.25, 0.3) is 0 Å². The molecule has 0 amide bonds.